The highest BCUT2D eigenvalue weighted by atomic mass is 19.1. The number of hydrogen-bond donors (Lipinski definition) is 2. The van der Waals surface area contributed by atoms with E-state index in [0.717, 1.165) is 11.8 Å². The van der Waals surface area contributed by atoms with Gasteiger partial charge in [0.15, 0.2) is 0 Å². The molecule has 1 unspecified atom stereocenters. The van der Waals surface area contributed by atoms with Crippen LogP contribution in [0.5, 0.6) is 0 Å². The number of carbonyl (C=O) groups is 1. The minimum atomic E-state index is -0.700. The van der Waals surface area contributed by atoms with E-state index in [1.807, 2.05) is 37.3 Å². The van der Waals surface area contributed by atoms with Crippen LogP contribution < -0.4 is 11.1 Å². The van der Waals surface area contributed by atoms with Crippen molar-refractivity contribution < 1.29 is 9.18 Å². The van der Waals surface area contributed by atoms with Crippen LogP contribution in [-0.2, 0) is 5.54 Å². The molecular weight excluding hydrogens is 257 g/mol. The molecule has 0 aliphatic carbocycles. The zero-order valence-corrected chi connectivity index (χ0v) is 11.1. The summed E-state index contributed by atoms with van der Waals surface area (Å²) in [7, 11) is 0. The maximum atomic E-state index is 12.8. The fraction of sp³-hybridized carbons (Fsp3) is 0.200. The summed E-state index contributed by atoms with van der Waals surface area (Å²) >= 11 is 0. The Bertz CT molecular complexity index is 586. The number of nitrogens with zero attached hydrogens (tertiary/aromatic N) is 1. The summed E-state index contributed by atoms with van der Waals surface area (Å²) in [6.07, 6.45) is 1.01. The summed E-state index contributed by atoms with van der Waals surface area (Å²) in [6, 6.07) is 12.0. The standard InChI is InChI=1S/C15H16FN3O/c1-15(10-17,11-5-3-2-4-6-11)19-14(20)13-8-7-12(16)9-18-13/h2-9H,10,17H2,1H3,(H,19,20). The molecule has 1 heterocycles. The van der Waals surface area contributed by atoms with Gasteiger partial charge in [0, 0.05) is 6.54 Å². The molecule has 1 amide bonds. The topological polar surface area (TPSA) is 68.0 Å². The summed E-state index contributed by atoms with van der Waals surface area (Å²) in [4.78, 5) is 15.9. The van der Waals surface area contributed by atoms with Gasteiger partial charge in [-0.1, -0.05) is 30.3 Å². The number of carbonyl (C=O) groups excluding carboxylic acids is 1. The number of hydrogen-bond acceptors (Lipinski definition) is 3. The SMILES string of the molecule is CC(CN)(NC(=O)c1ccc(F)cn1)c1ccccc1. The van der Waals surface area contributed by atoms with E-state index in [1.165, 1.54) is 12.1 Å². The molecule has 2 rings (SSSR count). The van der Waals surface area contributed by atoms with Gasteiger partial charge in [0.25, 0.3) is 5.91 Å². The maximum Gasteiger partial charge on any atom is 0.270 e. The molecule has 1 aromatic carbocycles. The van der Waals surface area contributed by atoms with Crippen molar-refractivity contribution in [1.29, 1.82) is 0 Å². The molecule has 1 aromatic heterocycles. The van der Waals surface area contributed by atoms with E-state index in [4.69, 9.17) is 5.73 Å². The third-order valence-corrected chi connectivity index (χ3v) is 3.17. The van der Waals surface area contributed by atoms with Crippen LogP contribution in [0, 0.1) is 5.82 Å². The zero-order valence-electron chi connectivity index (χ0n) is 11.1. The van der Waals surface area contributed by atoms with Gasteiger partial charge in [-0.15, -0.1) is 0 Å². The highest BCUT2D eigenvalue weighted by Crippen LogP contribution is 2.19. The number of benzene rings is 1. The van der Waals surface area contributed by atoms with Crippen molar-refractivity contribution in [3.63, 3.8) is 0 Å². The molecule has 2 aromatic rings. The Kier molecular flexibility index (Phi) is 4.10. The molecule has 1 atom stereocenters. The largest absolute Gasteiger partial charge is 0.340 e. The van der Waals surface area contributed by atoms with Crippen LogP contribution >= 0.6 is 0 Å². The molecule has 0 saturated carbocycles. The summed E-state index contributed by atoms with van der Waals surface area (Å²) in [5, 5.41) is 2.85. The average Bonchev–Trinajstić information content (AvgIpc) is 2.48. The van der Waals surface area contributed by atoms with Gasteiger partial charge in [-0.25, -0.2) is 9.37 Å². The molecule has 5 heteroatoms. The number of pyridine rings is 1. The summed E-state index contributed by atoms with van der Waals surface area (Å²) in [5.74, 6) is -0.868. The first-order valence-corrected chi connectivity index (χ1v) is 6.25. The van der Waals surface area contributed by atoms with Gasteiger partial charge < -0.3 is 11.1 Å². The molecule has 4 nitrogen and oxygen atoms in total. The van der Waals surface area contributed by atoms with Crippen molar-refractivity contribution in [2.24, 2.45) is 5.73 Å². The Hall–Kier alpha value is -2.27. The molecule has 20 heavy (non-hydrogen) atoms. The highest BCUT2D eigenvalue weighted by Gasteiger charge is 2.27. The first-order valence-electron chi connectivity index (χ1n) is 6.25. The normalized spacial score (nSPS) is 13.6. The van der Waals surface area contributed by atoms with E-state index < -0.39 is 11.4 Å². The lowest BCUT2D eigenvalue weighted by Gasteiger charge is -2.29. The Labute approximate surface area is 116 Å². The number of rotatable bonds is 4. The molecule has 0 aliphatic heterocycles. The molecular formula is C15H16FN3O. The highest BCUT2D eigenvalue weighted by molar-refractivity contribution is 5.92. The van der Waals surface area contributed by atoms with Crippen molar-refractivity contribution in [2.45, 2.75) is 12.5 Å². The number of amides is 1. The predicted molar refractivity (Wildman–Crippen MR) is 74.5 cm³/mol. The quantitative estimate of drug-likeness (QED) is 0.893. The first kappa shape index (κ1) is 14.1. The molecule has 0 fully saturated rings. The van der Waals surface area contributed by atoms with Crippen LogP contribution in [-0.4, -0.2) is 17.4 Å². The van der Waals surface area contributed by atoms with Crippen LogP contribution in [0.25, 0.3) is 0 Å². The lowest BCUT2D eigenvalue weighted by Crippen LogP contribution is -2.49. The molecule has 0 spiro atoms. The smallest absolute Gasteiger partial charge is 0.270 e. The molecule has 0 radical (unpaired) electrons. The average molecular weight is 273 g/mol. The molecule has 3 N–H and O–H groups in total. The van der Waals surface area contributed by atoms with Crippen LogP contribution in [0.4, 0.5) is 4.39 Å². The van der Waals surface area contributed by atoms with E-state index in [9.17, 15) is 9.18 Å². The third-order valence-electron chi connectivity index (χ3n) is 3.17. The first-order chi connectivity index (χ1) is 9.55. The van der Waals surface area contributed by atoms with Gasteiger partial charge in [-0.3, -0.25) is 4.79 Å². The number of halogens is 1. The zero-order chi connectivity index (χ0) is 14.6. The Morgan fingerprint density at radius 2 is 2.00 bits per heavy atom. The predicted octanol–water partition coefficient (Wildman–Crippen LogP) is 1.82. The van der Waals surface area contributed by atoms with E-state index in [1.54, 1.807) is 0 Å². The Balaban J connectivity index is 2.22. The Morgan fingerprint density at radius 1 is 1.30 bits per heavy atom. The lowest BCUT2D eigenvalue weighted by atomic mass is 9.92. The fourth-order valence-electron chi connectivity index (χ4n) is 1.87. The van der Waals surface area contributed by atoms with Crippen molar-refractivity contribution in [2.75, 3.05) is 6.54 Å². The van der Waals surface area contributed by atoms with E-state index in [2.05, 4.69) is 10.3 Å². The number of nitrogens with two attached hydrogens (primary N) is 1. The maximum absolute atomic E-state index is 12.8. The fourth-order valence-corrected chi connectivity index (χ4v) is 1.87. The Morgan fingerprint density at radius 3 is 2.55 bits per heavy atom. The van der Waals surface area contributed by atoms with Gasteiger partial charge in [-0.2, -0.15) is 0 Å². The molecule has 104 valence electrons. The van der Waals surface area contributed by atoms with Gasteiger partial charge in [0.05, 0.1) is 11.7 Å². The van der Waals surface area contributed by atoms with Crippen LogP contribution in [0.2, 0.25) is 0 Å². The monoisotopic (exact) mass is 273 g/mol. The van der Waals surface area contributed by atoms with Crippen molar-refractivity contribution in [3.8, 4) is 0 Å². The second kappa shape index (κ2) is 5.79. The van der Waals surface area contributed by atoms with Crippen molar-refractivity contribution in [3.05, 3.63) is 65.7 Å². The molecule has 0 bridgehead atoms. The van der Waals surface area contributed by atoms with Crippen LogP contribution in [0.15, 0.2) is 48.7 Å². The lowest BCUT2D eigenvalue weighted by molar-refractivity contribution is 0.0902. The van der Waals surface area contributed by atoms with Gasteiger partial charge in [0.2, 0.25) is 0 Å². The van der Waals surface area contributed by atoms with Crippen LogP contribution in [0.3, 0.4) is 0 Å². The summed E-state index contributed by atoms with van der Waals surface area (Å²) in [6.45, 7) is 2.08. The summed E-state index contributed by atoms with van der Waals surface area (Å²) < 4.78 is 12.8. The minimum Gasteiger partial charge on any atom is -0.340 e. The number of aromatic nitrogens is 1. The third kappa shape index (κ3) is 3.00. The van der Waals surface area contributed by atoms with Crippen molar-refractivity contribution >= 4 is 5.91 Å². The van der Waals surface area contributed by atoms with Gasteiger partial charge >= 0.3 is 0 Å². The van der Waals surface area contributed by atoms with E-state index in [-0.39, 0.29) is 18.1 Å². The van der Waals surface area contributed by atoms with Gasteiger partial charge in [-0.05, 0) is 24.6 Å². The second-order valence-corrected chi connectivity index (χ2v) is 4.72. The number of nitrogens with one attached hydrogen (secondary N) is 1. The van der Waals surface area contributed by atoms with E-state index in [0.29, 0.717) is 0 Å². The van der Waals surface area contributed by atoms with Crippen molar-refractivity contribution in [1.82, 2.24) is 10.3 Å². The second-order valence-electron chi connectivity index (χ2n) is 4.72. The minimum absolute atomic E-state index is 0.155. The van der Waals surface area contributed by atoms with E-state index >= 15 is 0 Å². The summed E-state index contributed by atoms with van der Waals surface area (Å²) in [5.41, 5.74) is 6.15. The molecule has 0 aliphatic rings. The van der Waals surface area contributed by atoms with Crippen LogP contribution in [0.1, 0.15) is 23.0 Å². The molecule has 0 saturated heterocycles. The van der Waals surface area contributed by atoms with Gasteiger partial charge in [0.1, 0.15) is 11.5 Å².